The summed E-state index contributed by atoms with van der Waals surface area (Å²) in [5, 5.41) is 12.1. The summed E-state index contributed by atoms with van der Waals surface area (Å²) < 4.78 is 47.0. The Balaban J connectivity index is 1.66. The third kappa shape index (κ3) is 3.39. The molecule has 0 radical (unpaired) electrons. The number of rotatable bonds is 3. The maximum Gasteiger partial charge on any atom is 0.471 e. The van der Waals surface area contributed by atoms with Crippen LogP contribution in [-0.2, 0) is 6.18 Å². The van der Waals surface area contributed by atoms with Crippen molar-refractivity contribution in [3.63, 3.8) is 0 Å². The van der Waals surface area contributed by atoms with Gasteiger partial charge in [-0.15, -0.1) is 0 Å². The summed E-state index contributed by atoms with van der Waals surface area (Å²) in [5.41, 5.74) is 0.0974. The van der Waals surface area contributed by atoms with Crippen LogP contribution in [0.5, 0.6) is 5.75 Å². The minimum absolute atomic E-state index is 0.0974. The van der Waals surface area contributed by atoms with Crippen LogP contribution in [0.2, 0.25) is 0 Å². The van der Waals surface area contributed by atoms with Crippen LogP contribution in [0, 0.1) is 0 Å². The van der Waals surface area contributed by atoms with Crippen molar-refractivity contribution < 1.29 is 32.3 Å². The largest absolute Gasteiger partial charge is 0.487 e. The Morgan fingerprint density at radius 1 is 1.42 bits per heavy atom. The van der Waals surface area contributed by atoms with Crippen molar-refractivity contribution in [3.8, 4) is 17.3 Å². The summed E-state index contributed by atoms with van der Waals surface area (Å²) in [4.78, 5) is 19.2. The van der Waals surface area contributed by atoms with Crippen molar-refractivity contribution in [1.82, 2.24) is 20.0 Å². The van der Waals surface area contributed by atoms with Gasteiger partial charge in [-0.3, -0.25) is 0 Å². The average molecular weight is 344 g/mol. The number of hydrogen-bond acceptors (Lipinski definition) is 6. The molecule has 1 fully saturated rings. The predicted octanol–water partition coefficient (Wildman–Crippen LogP) is 2.28. The van der Waals surface area contributed by atoms with Crippen LogP contribution in [0.1, 0.15) is 12.3 Å². The molecule has 2 aromatic rings. The Hall–Kier alpha value is -2.85. The number of ether oxygens (including phenoxy) is 1. The van der Waals surface area contributed by atoms with E-state index in [1.807, 2.05) is 0 Å². The van der Waals surface area contributed by atoms with Gasteiger partial charge in [-0.1, -0.05) is 5.16 Å². The van der Waals surface area contributed by atoms with Gasteiger partial charge in [0.05, 0.1) is 12.7 Å². The number of amides is 1. The second kappa shape index (κ2) is 5.98. The van der Waals surface area contributed by atoms with Crippen LogP contribution in [0.25, 0.3) is 11.5 Å². The van der Waals surface area contributed by atoms with Crippen molar-refractivity contribution in [1.29, 1.82) is 0 Å². The van der Waals surface area contributed by atoms with E-state index < -0.39 is 18.2 Å². The number of aromatic nitrogens is 3. The summed E-state index contributed by atoms with van der Waals surface area (Å²) in [7, 11) is 0. The molecule has 3 heterocycles. The average Bonchev–Trinajstić information content (AvgIpc) is 3.16. The molecule has 2 aromatic heterocycles. The second-order valence-electron chi connectivity index (χ2n) is 5.06. The lowest BCUT2D eigenvalue weighted by Crippen LogP contribution is -2.29. The number of alkyl halides is 3. The molecular weight excluding hydrogens is 333 g/mol. The zero-order valence-electron chi connectivity index (χ0n) is 12.0. The normalized spacial score (nSPS) is 18.0. The van der Waals surface area contributed by atoms with Crippen LogP contribution in [0.4, 0.5) is 18.0 Å². The molecule has 1 aliphatic heterocycles. The van der Waals surface area contributed by atoms with Gasteiger partial charge in [-0.2, -0.15) is 18.2 Å². The maximum absolute atomic E-state index is 12.4. The van der Waals surface area contributed by atoms with Gasteiger partial charge in [0.2, 0.25) is 5.82 Å². The first kappa shape index (κ1) is 16.0. The van der Waals surface area contributed by atoms with E-state index in [1.165, 1.54) is 23.2 Å². The molecule has 1 aliphatic rings. The fraction of sp³-hybridized carbons (Fsp3) is 0.385. The van der Waals surface area contributed by atoms with Crippen LogP contribution >= 0.6 is 0 Å². The number of nitrogens with zero attached hydrogens (tertiary/aromatic N) is 4. The van der Waals surface area contributed by atoms with E-state index in [-0.39, 0.29) is 24.2 Å². The first-order valence-corrected chi connectivity index (χ1v) is 6.85. The highest BCUT2D eigenvalue weighted by Gasteiger charge is 2.38. The Labute approximate surface area is 132 Å². The number of likely N-dealkylation sites (tertiary alicyclic amines) is 1. The van der Waals surface area contributed by atoms with Crippen LogP contribution in [0.15, 0.2) is 22.9 Å². The van der Waals surface area contributed by atoms with Crippen LogP contribution in [0.3, 0.4) is 0 Å². The van der Waals surface area contributed by atoms with Gasteiger partial charge in [0, 0.05) is 13.0 Å². The van der Waals surface area contributed by atoms with E-state index in [2.05, 4.69) is 19.6 Å². The van der Waals surface area contributed by atoms with E-state index in [0.29, 0.717) is 18.7 Å². The molecule has 1 N–H and O–H groups in total. The van der Waals surface area contributed by atoms with Gasteiger partial charge in [-0.25, -0.2) is 9.78 Å². The molecule has 0 saturated carbocycles. The van der Waals surface area contributed by atoms with Crippen molar-refractivity contribution in [3.05, 3.63) is 24.2 Å². The molecule has 0 aliphatic carbocycles. The molecule has 24 heavy (non-hydrogen) atoms. The van der Waals surface area contributed by atoms with Crippen LogP contribution in [-0.4, -0.2) is 50.4 Å². The molecule has 3 rings (SSSR count). The Morgan fingerprint density at radius 2 is 2.21 bits per heavy atom. The minimum atomic E-state index is -4.72. The molecule has 0 bridgehead atoms. The SMILES string of the molecule is O=C(O)N1CC[C@@H](Oc2ccc(-c3noc(C(F)(F)F)n3)nc2)C1. The van der Waals surface area contributed by atoms with Gasteiger partial charge in [0.15, 0.2) is 0 Å². The second-order valence-corrected chi connectivity index (χ2v) is 5.06. The zero-order chi connectivity index (χ0) is 17.3. The van der Waals surface area contributed by atoms with E-state index in [4.69, 9.17) is 9.84 Å². The fourth-order valence-corrected chi connectivity index (χ4v) is 2.22. The molecule has 128 valence electrons. The molecule has 0 aromatic carbocycles. The number of pyridine rings is 1. The van der Waals surface area contributed by atoms with E-state index in [1.54, 1.807) is 0 Å². The van der Waals surface area contributed by atoms with Crippen LogP contribution < -0.4 is 4.74 Å². The fourth-order valence-electron chi connectivity index (χ4n) is 2.22. The smallest absolute Gasteiger partial charge is 0.471 e. The standard InChI is InChI=1S/C13H11F3N4O4/c14-13(15,16)11-18-10(19-24-11)9-2-1-7(5-17-9)23-8-3-4-20(6-8)12(21)22/h1-2,5,8H,3-4,6H2,(H,21,22)/t8-/m1/s1. The number of carboxylic acid groups (broad SMARTS) is 1. The lowest BCUT2D eigenvalue weighted by Gasteiger charge is -2.14. The molecule has 1 saturated heterocycles. The summed E-state index contributed by atoms with van der Waals surface area (Å²) in [6, 6.07) is 2.89. The van der Waals surface area contributed by atoms with E-state index >= 15 is 0 Å². The lowest BCUT2D eigenvalue weighted by molar-refractivity contribution is -0.159. The summed E-state index contributed by atoms with van der Waals surface area (Å²) in [6.45, 7) is 0.630. The number of hydrogen-bond donors (Lipinski definition) is 1. The third-order valence-corrected chi connectivity index (χ3v) is 3.35. The molecule has 8 nitrogen and oxygen atoms in total. The first-order chi connectivity index (χ1) is 11.3. The van der Waals surface area contributed by atoms with Gasteiger partial charge in [0.1, 0.15) is 17.5 Å². The van der Waals surface area contributed by atoms with Gasteiger partial charge < -0.3 is 19.3 Å². The Kier molecular flexibility index (Phi) is 3.99. The maximum atomic E-state index is 12.4. The summed E-state index contributed by atoms with van der Waals surface area (Å²) in [6.07, 6.45) is -4.16. The highest BCUT2D eigenvalue weighted by Crippen LogP contribution is 2.29. The summed E-state index contributed by atoms with van der Waals surface area (Å²) >= 11 is 0. The van der Waals surface area contributed by atoms with Gasteiger partial charge >= 0.3 is 18.2 Å². The van der Waals surface area contributed by atoms with Gasteiger partial charge in [-0.05, 0) is 12.1 Å². The Morgan fingerprint density at radius 3 is 2.75 bits per heavy atom. The zero-order valence-corrected chi connectivity index (χ0v) is 12.0. The summed E-state index contributed by atoms with van der Waals surface area (Å²) in [5.74, 6) is -1.36. The number of carbonyl (C=O) groups is 1. The molecule has 0 spiro atoms. The van der Waals surface area contributed by atoms with Gasteiger partial charge in [0.25, 0.3) is 0 Å². The predicted molar refractivity (Wildman–Crippen MR) is 71.2 cm³/mol. The quantitative estimate of drug-likeness (QED) is 0.911. The minimum Gasteiger partial charge on any atom is -0.487 e. The highest BCUT2D eigenvalue weighted by molar-refractivity contribution is 5.65. The molecule has 1 amide bonds. The number of halogens is 3. The van der Waals surface area contributed by atoms with E-state index in [9.17, 15) is 18.0 Å². The molecular formula is C13H11F3N4O4. The first-order valence-electron chi connectivity index (χ1n) is 6.85. The molecule has 11 heteroatoms. The lowest BCUT2D eigenvalue weighted by atomic mass is 10.3. The highest BCUT2D eigenvalue weighted by atomic mass is 19.4. The van der Waals surface area contributed by atoms with Crippen molar-refractivity contribution in [2.24, 2.45) is 0 Å². The van der Waals surface area contributed by atoms with Crippen molar-refractivity contribution in [2.45, 2.75) is 18.7 Å². The third-order valence-electron chi connectivity index (χ3n) is 3.35. The topological polar surface area (TPSA) is 102 Å². The van der Waals surface area contributed by atoms with Crippen molar-refractivity contribution >= 4 is 6.09 Å². The monoisotopic (exact) mass is 344 g/mol. The molecule has 1 atom stereocenters. The van der Waals surface area contributed by atoms with Crippen molar-refractivity contribution in [2.75, 3.05) is 13.1 Å². The molecule has 0 unspecified atom stereocenters. The van der Waals surface area contributed by atoms with E-state index in [0.717, 1.165) is 0 Å². The Bertz CT molecular complexity index is 732.